The molecule has 0 aromatic heterocycles. The average molecular weight is 276 g/mol. The topological polar surface area (TPSA) is 73.1 Å². The van der Waals surface area contributed by atoms with E-state index < -0.39 is 5.97 Å². The minimum atomic E-state index is -0.692. The zero-order valence-corrected chi connectivity index (χ0v) is 11.4. The fraction of sp³-hybridized carbons (Fsp3) is 0.467. The van der Waals surface area contributed by atoms with Crippen molar-refractivity contribution in [1.29, 1.82) is 0 Å². The molecule has 1 atom stereocenters. The summed E-state index contributed by atoms with van der Waals surface area (Å²) in [6.07, 6.45) is 3.50. The molecule has 0 bridgehead atoms. The lowest BCUT2D eigenvalue weighted by Gasteiger charge is -2.29. The number of aliphatic imine (C=N–C) groups is 1. The molecule has 0 saturated carbocycles. The molecule has 5 heteroatoms. The molecule has 0 radical (unpaired) electrons. The van der Waals surface area contributed by atoms with Crippen LogP contribution in [0.3, 0.4) is 0 Å². The Bertz CT molecular complexity index is 471. The fourth-order valence-electron chi connectivity index (χ4n) is 2.39. The first-order valence-corrected chi connectivity index (χ1v) is 6.89. The van der Waals surface area contributed by atoms with Gasteiger partial charge in [0.05, 0.1) is 12.5 Å². The predicted molar refractivity (Wildman–Crippen MR) is 77.4 cm³/mol. The summed E-state index contributed by atoms with van der Waals surface area (Å²) < 4.78 is 0. The van der Waals surface area contributed by atoms with Gasteiger partial charge in [-0.2, -0.15) is 0 Å². The summed E-state index contributed by atoms with van der Waals surface area (Å²) in [5.74, 6) is -0.678. The van der Waals surface area contributed by atoms with Crippen LogP contribution >= 0.6 is 0 Å². The molecule has 0 aliphatic carbocycles. The lowest BCUT2D eigenvalue weighted by Crippen LogP contribution is -2.39. The van der Waals surface area contributed by atoms with Crippen molar-refractivity contribution < 1.29 is 15.0 Å². The number of hydrogen-bond acceptors (Lipinski definition) is 4. The van der Waals surface area contributed by atoms with Crippen LogP contribution in [0.4, 0.5) is 0 Å². The SMILES string of the molecule is O=C(O)C1CCCN(CCN=Cc2ccc(O)cc2)C1. The van der Waals surface area contributed by atoms with E-state index in [0.29, 0.717) is 13.1 Å². The molecule has 1 aromatic carbocycles. The number of phenolic OH excluding ortho intramolecular Hbond substituents is 1. The minimum Gasteiger partial charge on any atom is -0.508 e. The second kappa shape index (κ2) is 7.05. The first kappa shape index (κ1) is 14.5. The molecule has 0 spiro atoms. The second-order valence-corrected chi connectivity index (χ2v) is 5.10. The van der Waals surface area contributed by atoms with Gasteiger partial charge in [0.2, 0.25) is 0 Å². The van der Waals surface area contributed by atoms with Gasteiger partial charge in [-0.1, -0.05) is 0 Å². The Kier molecular flexibility index (Phi) is 5.12. The maximum absolute atomic E-state index is 11.0. The smallest absolute Gasteiger partial charge is 0.307 e. The summed E-state index contributed by atoms with van der Waals surface area (Å²) >= 11 is 0. The van der Waals surface area contributed by atoms with Crippen molar-refractivity contribution >= 4 is 12.2 Å². The van der Waals surface area contributed by atoms with Gasteiger partial charge in [0.25, 0.3) is 0 Å². The lowest BCUT2D eigenvalue weighted by molar-refractivity contribution is -0.143. The highest BCUT2D eigenvalue weighted by Crippen LogP contribution is 2.16. The highest BCUT2D eigenvalue weighted by Gasteiger charge is 2.24. The van der Waals surface area contributed by atoms with Crippen LogP contribution in [-0.4, -0.2) is 53.5 Å². The summed E-state index contributed by atoms with van der Waals surface area (Å²) in [5, 5.41) is 18.2. The number of rotatable bonds is 5. The zero-order valence-electron chi connectivity index (χ0n) is 11.4. The Morgan fingerprint density at radius 2 is 2.15 bits per heavy atom. The molecular formula is C15H20N2O3. The van der Waals surface area contributed by atoms with Crippen molar-refractivity contribution in [2.24, 2.45) is 10.9 Å². The number of hydrogen-bond donors (Lipinski definition) is 2. The standard InChI is InChI=1S/C15H20N2O3/c18-14-5-3-12(4-6-14)10-16-7-9-17-8-1-2-13(11-17)15(19)20/h3-6,10,13,18H,1-2,7-9,11H2,(H,19,20). The van der Waals surface area contributed by atoms with E-state index in [2.05, 4.69) is 9.89 Å². The molecule has 5 nitrogen and oxygen atoms in total. The van der Waals surface area contributed by atoms with Gasteiger partial charge in [0.1, 0.15) is 5.75 Å². The first-order valence-electron chi connectivity index (χ1n) is 6.89. The Morgan fingerprint density at radius 1 is 1.40 bits per heavy atom. The number of carboxylic acid groups (broad SMARTS) is 1. The summed E-state index contributed by atoms with van der Waals surface area (Å²) in [5.41, 5.74) is 0.949. The number of aromatic hydroxyl groups is 1. The van der Waals surface area contributed by atoms with Crippen LogP contribution in [0.2, 0.25) is 0 Å². The van der Waals surface area contributed by atoms with Crippen LogP contribution in [0.1, 0.15) is 18.4 Å². The number of phenols is 1. The van der Waals surface area contributed by atoms with Crippen LogP contribution in [0.15, 0.2) is 29.3 Å². The van der Waals surface area contributed by atoms with Crippen molar-refractivity contribution in [3.63, 3.8) is 0 Å². The van der Waals surface area contributed by atoms with E-state index in [1.165, 1.54) is 0 Å². The van der Waals surface area contributed by atoms with Crippen molar-refractivity contribution in [3.05, 3.63) is 29.8 Å². The van der Waals surface area contributed by atoms with Crippen molar-refractivity contribution in [3.8, 4) is 5.75 Å². The van der Waals surface area contributed by atoms with Gasteiger partial charge >= 0.3 is 5.97 Å². The number of carbonyl (C=O) groups is 1. The largest absolute Gasteiger partial charge is 0.508 e. The molecule has 2 rings (SSSR count). The Labute approximate surface area is 118 Å². The van der Waals surface area contributed by atoms with Gasteiger partial charge in [0.15, 0.2) is 0 Å². The second-order valence-electron chi connectivity index (χ2n) is 5.10. The molecule has 1 aliphatic heterocycles. The average Bonchev–Trinajstić information content (AvgIpc) is 2.46. The molecule has 1 fully saturated rings. The third kappa shape index (κ3) is 4.35. The monoisotopic (exact) mass is 276 g/mol. The molecule has 1 heterocycles. The van der Waals surface area contributed by atoms with E-state index in [0.717, 1.165) is 31.5 Å². The third-order valence-electron chi connectivity index (χ3n) is 3.53. The van der Waals surface area contributed by atoms with E-state index in [-0.39, 0.29) is 11.7 Å². The van der Waals surface area contributed by atoms with E-state index >= 15 is 0 Å². The van der Waals surface area contributed by atoms with Crippen LogP contribution in [0, 0.1) is 5.92 Å². The van der Waals surface area contributed by atoms with Gasteiger partial charge in [0, 0.05) is 19.3 Å². The van der Waals surface area contributed by atoms with Gasteiger partial charge in [-0.25, -0.2) is 0 Å². The van der Waals surface area contributed by atoms with E-state index in [4.69, 9.17) is 10.2 Å². The fourth-order valence-corrected chi connectivity index (χ4v) is 2.39. The molecule has 1 aliphatic rings. The van der Waals surface area contributed by atoms with Gasteiger partial charge in [-0.05, 0) is 49.2 Å². The number of aliphatic carboxylic acids is 1. The first-order chi connectivity index (χ1) is 9.65. The van der Waals surface area contributed by atoms with E-state index in [9.17, 15) is 4.79 Å². The maximum atomic E-state index is 11.0. The molecule has 1 saturated heterocycles. The number of benzene rings is 1. The quantitative estimate of drug-likeness (QED) is 0.801. The molecular weight excluding hydrogens is 256 g/mol. The normalized spacial score (nSPS) is 20.3. The van der Waals surface area contributed by atoms with Crippen LogP contribution in [0.5, 0.6) is 5.75 Å². The summed E-state index contributed by atoms with van der Waals surface area (Å²) in [7, 11) is 0. The molecule has 0 amide bonds. The maximum Gasteiger partial charge on any atom is 0.307 e. The highest BCUT2D eigenvalue weighted by atomic mass is 16.4. The molecule has 108 valence electrons. The lowest BCUT2D eigenvalue weighted by atomic mass is 9.98. The predicted octanol–water partition coefficient (Wildman–Crippen LogP) is 1.61. The van der Waals surface area contributed by atoms with Crippen molar-refractivity contribution in [2.45, 2.75) is 12.8 Å². The summed E-state index contributed by atoms with van der Waals surface area (Å²) in [4.78, 5) is 17.5. The Morgan fingerprint density at radius 3 is 2.85 bits per heavy atom. The number of piperidine rings is 1. The van der Waals surface area contributed by atoms with Gasteiger partial charge in [-0.15, -0.1) is 0 Å². The Hall–Kier alpha value is -1.88. The van der Waals surface area contributed by atoms with Gasteiger partial charge < -0.3 is 15.1 Å². The zero-order chi connectivity index (χ0) is 14.4. The van der Waals surface area contributed by atoms with Gasteiger partial charge in [-0.3, -0.25) is 9.79 Å². The van der Waals surface area contributed by atoms with E-state index in [1.807, 2.05) is 0 Å². The third-order valence-corrected chi connectivity index (χ3v) is 3.53. The molecule has 2 N–H and O–H groups in total. The van der Waals surface area contributed by atoms with Crippen LogP contribution in [-0.2, 0) is 4.79 Å². The van der Waals surface area contributed by atoms with Crippen LogP contribution in [0.25, 0.3) is 0 Å². The number of nitrogens with zero attached hydrogens (tertiary/aromatic N) is 2. The van der Waals surface area contributed by atoms with E-state index in [1.54, 1.807) is 30.5 Å². The van der Waals surface area contributed by atoms with Crippen LogP contribution < -0.4 is 0 Å². The number of likely N-dealkylation sites (tertiary alicyclic amines) is 1. The minimum absolute atomic E-state index is 0.232. The summed E-state index contributed by atoms with van der Waals surface area (Å²) in [6, 6.07) is 6.87. The van der Waals surface area contributed by atoms with Crippen molar-refractivity contribution in [1.82, 2.24) is 4.90 Å². The molecule has 20 heavy (non-hydrogen) atoms. The summed E-state index contributed by atoms with van der Waals surface area (Å²) in [6.45, 7) is 3.04. The highest BCUT2D eigenvalue weighted by molar-refractivity contribution is 5.79. The number of carboxylic acids is 1. The molecule has 1 aromatic rings. The Balaban J connectivity index is 1.75. The van der Waals surface area contributed by atoms with Crippen molar-refractivity contribution in [2.75, 3.05) is 26.2 Å². The molecule has 1 unspecified atom stereocenters.